The first-order valence-electron chi connectivity index (χ1n) is 9.40. The number of aromatic nitrogens is 2. The molecule has 3 rings (SSSR count). The summed E-state index contributed by atoms with van der Waals surface area (Å²) in [5.74, 6) is -0.259. The molecule has 0 spiro atoms. The predicted molar refractivity (Wildman–Crippen MR) is 91.7 cm³/mol. The first-order valence-corrected chi connectivity index (χ1v) is 9.40. The van der Waals surface area contributed by atoms with Gasteiger partial charge in [-0.05, 0) is 64.6 Å². The minimum absolute atomic E-state index is 0.0476. The molecule has 2 heterocycles. The van der Waals surface area contributed by atoms with Gasteiger partial charge in [-0.15, -0.1) is 0 Å². The molecule has 0 saturated carbocycles. The quantitative estimate of drug-likeness (QED) is 0.883. The summed E-state index contributed by atoms with van der Waals surface area (Å²) in [5.41, 5.74) is 2.14. The van der Waals surface area contributed by atoms with Gasteiger partial charge in [-0.25, -0.2) is 0 Å². The highest BCUT2D eigenvalue weighted by Gasteiger charge is 2.35. The van der Waals surface area contributed by atoms with E-state index in [9.17, 15) is 18.0 Å². The van der Waals surface area contributed by atoms with Gasteiger partial charge in [-0.1, -0.05) is 0 Å². The molecule has 1 aliphatic carbocycles. The van der Waals surface area contributed by atoms with E-state index in [0.29, 0.717) is 25.9 Å². The maximum Gasteiger partial charge on any atom is 0.401 e. The van der Waals surface area contributed by atoms with Crippen LogP contribution in [-0.2, 0) is 11.2 Å². The maximum absolute atomic E-state index is 12.6. The van der Waals surface area contributed by atoms with Gasteiger partial charge >= 0.3 is 6.18 Å². The second-order valence-corrected chi connectivity index (χ2v) is 7.73. The molecule has 8 heteroatoms. The molecule has 1 saturated heterocycles. The number of piperidine rings is 1. The molecule has 0 radical (unpaired) electrons. The Hall–Kier alpha value is -1.57. The molecule has 1 amide bonds. The molecule has 0 unspecified atom stereocenters. The lowest BCUT2D eigenvalue weighted by Crippen LogP contribution is -2.44. The fourth-order valence-corrected chi connectivity index (χ4v) is 3.86. The second kappa shape index (κ2) is 7.58. The van der Waals surface area contributed by atoms with Crippen LogP contribution in [0, 0.1) is 5.92 Å². The number of hydrogen-bond acceptors (Lipinski definition) is 3. The fourth-order valence-electron chi connectivity index (χ4n) is 3.86. The third kappa shape index (κ3) is 4.58. The van der Waals surface area contributed by atoms with Crippen LogP contribution in [0.3, 0.4) is 0 Å². The van der Waals surface area contributed by atoms with Crippen LogP contribution < -0.4 is 5.32 Å². The predicted octanol–water partition coefficient (Wildman–Crippen LogP) is 3.23. The molecule has 1 atom stereocenters. The van der Waals surface area contributed by atoms with Gasteiger partial charge < -0.3 is 5.32 Å². The first-order chi connectivity index (χ1) is 12.2. The highest BCUT2D eigenvalue weighted by Crippen LogP contribution is 2.30. The van der Waals surface area contributed by atoms with Crippen LogP contribution >= 0.6 is 0 Å². The van der Waals surface area contributed by atoms with Gasteiger partial charge in [-0.2, -0.15) is 18.3 Å². The maximum atomic E-state index is 12.6. The number of carbonyl (C=O) groups is 1. The number of halogens is 3. The first kappa shape index (κ1) is 19.2. The molecular formula is C18H27F3N4O. The number of nitrogens with one attached hydrogen (secondary N) is 1. The minimum Gasteiger partial charge on any atom is -0.347 e. The van der Waals surface area contributed by atoms with Gasteiger partial charge in [0.05, 0.1) is 18.3 Å². The number of nitrogens with zero attached hydrogens (tertiary/aromatic N) is 3. The average Bonchev–Trinajstić information content (AvgIpc) is 2.99. The van der Waals surface area contributed by atoms with Crippen LogP contribution in [-0.4, -0.2) is 46.4 Å². The van der Waals surface area contributed by atoms with Gasteiger partial charge in [0.25, 0.3) is 0 Å². The summed E-state index contributed by atoms with van der Waals surface area (Å²) in [4.78, 5) is 14.0. The molecule has 1 aromatic heterocycles. The Morgan fingerprint density at radius 2 is 2.00 bits per heavy atom. The van der Waals surface area contributed by atoms with Crippen molar-refractivity contribution in [2.45, 2.75) is 64.2 Å². The summed E-state index contributed by atoms with van der Waals surface area (Å²) < 4.78 is 39.4. The lowest BCUT2D eigenvalue weighted by atomic mass is 9.91. The Morgan fingerprint density at radius 1 is 1.31 bits per heavy atom. The zero-order valence-electron chi connectivity index (χ0n) is 15.4. The summed E-state index contributed by atoms with van der Waals surface area (Å²) >= 11 is 0. The van der Waals surface area contributed by atoms with Crippen molar-refractivity contribution in [2.75, 3.05) is 19.6 Å². The van der Waals surface area contributed by atoms with Crippen molar-refractivity contribution in [2.24, 2.45) is 5.92 Å². The van der Waals surface area contributed by atoms with Crippen molar-refractivity contribution < 1.29 is 18.0 Å². The summed E-state index contributed by atoms with van der Waals surface area (Å²) in [6.07, 6.45) is 1.68. The van der Waals surface area contributed by atoms with Crippen molar-refractivity contribution in [1.82, 2.24) is 20.0 Å². The topological polar surface area (TPSA) is 50.2 Å². The Bertz CT molecular complexity index is 633. The number of rotatable bonds is 4. The van der Waals surface area contributed by atoms with E-state index < -0.39 is 12.7 Å². The van der Waals surface area contributed by atoms with Gasteiger partial charge in [0.15, 0.2) is 0 Å². The Kier molecular flexibility index (Phi) is 5.60. The number of alkyl halides is 3. The normalized spacial score (nSPS) is 22.5. The summed E-state index contributed by atoms with van der Waals surface area (Å²) in [5, 5.41) is 7.76. The third-order valence-corrected chi connectivity index (χ3v) is 5.32. The fraction of sp³-hybridized carbons (Fsp3) is 0.778. The van der Waals surface area contributed by atoms with E-state index in [1.54, 1.807) is 0 Å². The average molecular weight is 372 g/mol. The summed E-state index contributed by atoms with van der Waals surface area (Å²) in [6, 6.07) is 0.189. The van der Waals surface area contributed by atoms with Gasteiger partial charge in [0.2, 0.25) is 5.91 Å². The Morgan fingerprint density at radius 3 is 2.62 bits per heavy atom. The van der Waals surface area contributed by atoms with E-state index in [-0.39, 0.29) is 23.9 Å². The van der Waals surface area contributed by atoms with E-state index in [2.05, 4.69) is 30.5 Å². The minimum atomic E-state index is -4.18. The number of aryl methyl sites for hydroxylation is 1. The molecule has 26 heavy (non-hydrogen) atoms. The molecular weight excluding hydrogens is 345 g/mol. The van der Waals surface area contributed by atoms with Crippen LogP contribution in [0.15, 0.2) is 6.20 Å². The largest absolute Gasteiger partial charge is 0.401 e. The molecule has 5 nitrogen and oxygen atoms in total. The van der Waals surface area contributed by atoms with Crippen molar-refractivity contribution in [3.8, 4) is 0 Å². The van der Waals surface area contributed by atoms with Gasteiger partial charge in [-0.3, -0.25) is 14.4 Å². The van der Waals surface area contributed by atoms with Crippen LogP contribution in [0.2, 0.25) is 0 Å². The smallest absolute Gasteiger partial charge is 0.347 e. The van der Waals surface area contributed by atoms with Crippen LogP contribution in [0.4, 0.5) is 13.2 Å². The van der Waals surface area contributed by atoms with Crippen LogP contribution in [0.25, 0.3) is 0 Å². The highest BCUT2D eigenvalue weighted by molar-refractivity contribution is 5.79. The monoisotopic (exact) mass is 372 g/mol. The van der Waals surface area contributed by atoms with Crippen LogP contribution in [0.1, 0.15) is 62.9 Å². The molecule has 1 fully saturated rings. The lowest BCUT2D eigenvalue weighted by Gasteiger charge is -2.32. The number of carbonyl (C=O) groups excluding carboxylic acids is 1. The lowest BCUT2D eigenvalue weighted by molar-refractivity contribution is -0.149. The molecule has 0 aromatic carbocycles. The van der Waals surface area contributed by atoms with E-state index in [1.807, 2.05) is 4.68 Å². The van der Waals surface area contributed by atoms with Crippen molar-refractivity contribution >= 4 is 5.91 Å². The second-order valence-electron chi connectivity index (χ2n) is 7.73. The van der Waals surface area contributed by atoms with E-state index in [0.717, 1.165) is 25.0 Å². The number of likely N-dealkylation sites (tertiary alicyclic amines) is 1. The molecule has 0 bridgehead atoms. The SMILES string of the molecule is CC(C)n1cc2c(n1)[C@H](NC(=O)C1CCN(CC(F)(F)F)CC1)CCC2. The molecule has 1 N–H and O–H groups in total. The molecule has 1 aromatic rings. The van der Waals surface area contributed by atoms with Crippen molar-refractivity contribution in [3.63, 3.8) is 0 Å². The van der Waals surface area contributed by atoms with E-state index >= 15 is 0 Å². The Balaban J connectivity index is 1.57. The molecule has 1 aliphatic heterocycles. The number of hydrogen-bond donors (Lipinski definition) is 1. The molecule has 2 aliphatic rings. The highest BCUT2D eigenvalue weighted by atomic mass is 19.4. The van der Waals surface area contributed by atoms with Crippen molar-refractivity contribution in [3.05, 3.63) is 17.5 Å². The molecule has 146 valence electrons. The third-order valence-electron chi connectivity index (χ3n) is 5.32. The zero-order chi connectivity index (χ0) is 18.9. The van der Waals surface area contributed by atoms with Gasteiger partial charge in [0, 0.05) is 18.2 Å². The zero-order valence-corrected chi connectivity index (χ0v) is 15.4. The van der Waals surface area contributed by atoms with Crippen molar-refractivity contribution in [1.29, 1.82) is 0 Å². The van der Waals surface area contributed by atoms with E-state index in [1.165, 1.54) is 10.5 Å². The number of fused-ring (bicyclic) bond motifs is 1. The van der Waals surface area contributed by atoms with E-state index in [4.69, 9.17) is 0 Å². The standard InChI is InChI=1S/C18H27F3N4O/c1-12(2)25-10-14-4-3-5-15(16(14)23-25)22-17(26)13-6-8-24(9-7-13)11-18(19,20)21/h10,12-13,15H,3-9,11H2,1-2H3,(H,22,26)/t15-/m1/s1. The van der Waals surface area contributed by atoms with Crippen LogP contribution in [0.5, 0.6) is 0 Å². The summed E-state index contributed by atoms with van der Waals surface area (Å²) in [7, 11) is 0. The number of amides is 1. The van der Waals surface area contributed by atoms with Gasteiger partial charge in [0.1, 0.15) is 0 Å². The summed E-state index contributed by atoms with van der Waals surface area (Å²) in [6.45, 7) is 3.88. The Labute approximate surface area is 151 Å².